The summed E-state index contributed by atoms with van der Waals surface area (Å²) in [6, 6.07) is 28.7. The molecule has 1 aliphatic heterocycles. The third-order valence-corrected chi connectivity index (χ3v) is 7.16. The molecular formula is C31H28FNO4S. The van der Waals surface area contributed by atoms with Crippen molar-refractivity contribution in [3.8, 4) is 22.6 Å². The number of ether oxygens (including phenoxy) is 2. The number of aliphatic hydroxyl groups excluding tert-OH is 1. The van der Waals surface area contributed by atoms with Gasteiger partial charge in [-0.1, -0.05) is 54.6 Å². The Morgan fingerprint density at radius 3 is 2.29 bits per heavy atom. The van der Waals surface area contributed by atoms with Gasteiger partial charge in [-0.15, -0.1) is 0 Å². The number of aromatic hydroxyl groups is 1. The molecule has 0 unspecified atom stereocenters. The van der Waals surface area contributed by atoms with Crippen molar-refractivity contribution in [2.45, 2.75) is 31.1 Å². The van der Waals surface area contributed by atoms with E-state index in [-0.39, 0.29) is 11.6 Å². The highest BCUT2D eigenvalue weighted by Gasteiger charge is 2.42. The summed E-state index contributed by atoms with van der Waals surface area (Å²) in [7, 11) is 1.54. The molecule has 4 aromatic rings. The summed E-state index contributed by atoms with van der Waals surface area (Å²) in [5.41, 5.74) is 4.28. The van der Waals surface area contributed by atoms with Gasteiger partial charge >= 0.3 is 0 Å². The predicted molar refractivity (Wildman–Crippen MR) is 150 cm³/mol. The van der Waals surface area contributed by atoms with Crippen LogP contribution in [0, 0.1) is 5.82 Å². The molecule has 0 spiro atoms. The zero-order chi connectivity index (χ0) is 26.6. The van der Waals surface area contributed by atoms with Gasteiger partial charge in [-0.2, -0.15) is 0 Å². The summed E-state index contributed by atoms with van der Waals surface area (Å²) in [5.74, 6) is 0.252. The van der Waals surface area contributed by atoms with Crippen LogP contribution in [0.15, 0.2) is 97.1 Å². The quantitative estimate of drug-likeness (QED) is 0.241. The minimum absolute atomic E-state index is 0.0673. The molecule has 38 heavy (non-hydrogen) atoms. The van der Waals surface area contributed by atoms with Crippen molar-refractivity contribution in [3.05, 3.63) is 114 Å². The molecule has 0 bridgehead atoms. The fourth-order valence-electron chi connectivity index (χ4n) is 4.87. The van der Waals surface area contributed by atoms with Gasteiger partial charge in [0.15, 0.2) is 0 Å². The van der Waals surface area contributed by atoms with Gasteiger partial charge in [0.1, 0.15) is 29.5 Å². The lowest BCUT2D eigenvalue weighted by atomic mass is 9.93. The molecule has 0 aromatic heterocycles. The minimum atomic E-state index is -0.794. The van der Waals surface area contributed by atoms with Gasteiger partial charge < -0.3 is 19.7 Å². The highest BCUT2D eigenvalue weighted by Crippen LogP contribution is 2.44. The zero-order valence-corrected chi connectivity index (χ0v) is 21.6. The molecule has 5 rings (SSSR count). The first kappa shape index (κ1) is 25.7. The van der Waals surface area contributed by atoms with Crippen LogP contribution in [0.2, 0.25) is 0 Å². The number of thiocarbonyl (C=S) groups is 1. The summed E-state index contributed by atoms with van der Waals surface area (Å²) in [6.45, 7) is 0. The van der Waals surface area contributed by atoms with Gasteiger partial charge in [0.2, 0.25) is 0 Å². The molecule has 1 saturated heterocycles. The van der Waals surface area contributed by atoms with Gasteiger partial charge in [0, 0.05) is 17.3 Å². The number of rotatable bonds is 8. The second-order valence-corrected chi connectivity index (χ2v) is 9.57. The lowest BCUT2D eigenvalue weighted by molar-refractivity contribution is 0.126. The Bertz CT molecular complexity index is 1400. The molecule has 4 aromatic carbocycles. The SMILES string of the molecule is COc1ccc([C@@H]2[C@@H](CC[C@H](O)c3ccc(F)cc3)OC(=S)N2c2ccc(-c3ccccc3)cc2)c(O)c1. The van der Waals surface area contributed by atoms with E-state index in [0.29, 0.717) is 34.9 Å². The van der Waals surface area contributed by atoms with Gasteiger partial charge in [0.25, 0.3) is 5.17 Å². The molecule has 0 radical (unpaired) electrons. The molecule has 1 heterocycles. The molecular weight excluding hydrogens is 501 g/mol. The van der Waals surface area contributed by atoms with Crippen LogP contribution in [0.3, 0.4) is 0 Å². The molecule has 0 aliphatic carbocycles. The molecule has 194 valence electrons. The summed E-state index contributed by atoms with van der Waals surface area (Å²) in [6.07, 6.45) is -0.414. The molecule has 3 atom stereocenters. The van der Waals surface area contributed by atoms with Crippen LogP contribution >= 0.6 is 12.2 Å². The lowest BCUT2D eigenvalue weighted by Crippen LogP contribution is -2.29. The predicted octanol–water partition coefficient (Wildman–Crippen LogP) is 6.95. The summed E-state index contributed by atoms with van der Waals surface area (Å²) in [4.78, 5) is 1.90. The van der Waals surface area contributed by atoms with Gasteiger partial charge in [-0.3, -0.25) is 4.90 Å². The van der Waals surface area contributed by atoms with E-state index in [4.69, 9.17) is 21.7 Å². The van der Waals surface area contributed by atoms with Crippen molar-refractivity contribution in [1.82, 2.24) is 0 Å². The van der Waals surface area contributed by atoms with Crippen LogP contribution in [0.1, 0.15) is 36.1 Å². The van der Waals surface area contributed by atoms with Crippen molar-refractivity contribution in [2.24, 2.45) is 0 Å². The number of halogens is 1. The molecule has 0 saturated carbocycles. The average Bonchev–Trinajstić information content (AvgIpc) is 3.28. The number of anilines is 1. The Hall–Kier alpha value is -3.94. The number of phenols is 1. The van der Waals surface area contributed by atoms with Crippen molar-refractivity contribution >= 4 is 23.1 Å². The maximum absolute atomic E-state index is 13.3. The monoisotopic (exact) mass is 529 g/mol. The number of aliphatic hydroxyl groups is 1. The Morgan fingerprint density at radius 1 is 0.947 bits per heavy atom. The number of benzene rings is 4. The third kappa shape index (κ3) is 5.35. The van der Waals surface area contributed by atoms with E-state index in [1.54, 1.807) is 31.4 Å². The standard InChI is InChI=1S/C31H28FNO4S/c1-36-25-15-16-26(28(35)19-25)30-29(18-17-27(34)22-7-11-23(32)12-8-22)37-31(38)33(30)24-13-9-21(10-14-24)20-5-3-2-4-6-20/h2-16,19,27,29-30,34-35H,17-18H2,1H3/t27-,29+,30+/m0/s1. The van der Waals surface area contributed by atoms with E-state index in [0.717, 1.165) is 16.8 Å². The summed E-state index contributed by atoms with van der Waals surface area (Å²) < 4.78 is 24.8. The van der Waals surface area contributed by atoms with Gasteiger partial charge in [0.05, 0.1) is 13.2 Å². The smallest absolute Gasteiger partial charge is 0.264 e. The van der Waals surface area contributed by atoms with E-state index in [9.17, 15) is 14.6 Å². The second-order valence-electron chi connectivity index (χ2n) is 9.22. The second kappa shape index (κ2) is 11.2. The number of phenolic OH excluding ortho intramolecular Hbond substituents is 1. The number of hydrogen-bond acceptors (Lipinski definition) is 5. The Morgan fingerprint density at radius 2 is 1.63 bits per heavy atom. The Labute approximate surface area is 226 Å². The molecule has 2 N–H and O–H groups in total. The minimum Gasteiger partial charge on any atom is -0.507 e. The first-order valence-corrected chi connectivity index (χ1v) is 12.8. The molecule has 7 heteroatoms. The van der Waals surface area contributed by atoms with Crippen LogP contribution in [-0.4, -0.2) is 28.6 Å². The first-order chi connectivity index (χ1) is 18.4. The van der Waals surface area contributed by atoms with Gasteiger partial charge in [-0.25, -0.2) is 4.39 Å². The zero-order valence-electron chi connectivity index (χ0n) is 20.8. The van der Waals surface area contributed by atoms with Crippen LogP contribution < -0.4 is 9.64 Å². The highest BCUT2D eigenvalue weighted by atomic mass is 32.1. The van der Waals surface area contributed by atoms with Crippen LogP contribution in [0.25, 0.3) is 11.1 Å². The van der Waals surface area contributed by atoms with Crippen molar-refractivity contribution in [1.29, 1.82) is 0 Å². The van der Waals surface area contributed by atoms with E-state index in [2.05, 4.69) is 12.1 Å². The van der Waals surface area contributed by atoms with Crippen LogP contribution in [0.4, 0.5) is 10.1 Å². The number of methoxy groups -OCH3 is 1. The average molecular weight is 530 g/mol. The maximum atomic E-state index is 13.3. The Kier molecular flexibility index (Phi) is 7.58. The van der Waals surface area contributed by atoms with E-state index >= 15 is 0 Å². The lowest BCUT2D eigenvalue weighted by Gasteiger charge is -2.27. The molecule has 0 amide bonds. The fourth-order valence-corrected chi connectivity index (χ4v) is 5.21. The highest BCUT2D eigenvalue weighted by molar-refractivity contribution is 7.80. The Balaban J connectivity index is 1.45. The van der Waals surface area contributed by atoms with Crippen molar-refractivity contribution < 1.29 is 24.1 Å². The van der Waals surface area contributed by atoms with Crippen molar-refractivity contribution in [2.75, 3.05) is 12.0 Å². The molecule has 1 fully saturated rings. The molecule has 5 nitrogen and oxygen atoms in total. The van der Waals surface area contributed by atoms with Crippen LogP contribution in [-0.2, 0) is 4.74 Å². The van der Waals surface area contributed by atoms with Crippen LogP contribution in [0.5, 0.6) is 11.5 Å². The van der Waals surface area contributed by atoms with E-state index in [1.807, 2.05) is 53.4 Å². The number of nitrogens with zero attached hydrogens (tertiary/aromatic N) is 1. The molecule has 1 aliphatic rings. The van der Waals surface area contributed by atoms with Gasteiger partial charge in [-0.05, 0) is 78.1 Å². The normalized spacial score (nSPS) is 17.8. The first-order valence-electron chi connectivity index (χ1n) is 12.4. The topological polar surface area (TPSA) is 62.2 Å². The summed E-state index contributed by atoms with van der Waals surface area (Å²) in [5, 5.41) is 22.0. The van der Waals surface area contributed by atoms with E-state index < -0.39 is 18.2 Å². The largest absolute Gasteiger partial charge is 0.507 e. The van der Waals surface area contributed by atoms with Crippen molar-refractivity contribution in [3.63, 3.8) is 0 Å². The van der Waals surface area contributed by atoms with E-state index in [1.165, 1.54) is 12.1 Å². The maximum Gasteiger partial charge on any atom is 0.264 e. The fraction of sp³-hybridized carbons (Fsp3) is 0.194. The third-order valence-electron chi connectivity index (χ3n) is 6.87. The summed E-state index contributed by atoms with van der Waals surface area (Å²) >= 11 is 5.68. The number of hydrogen-bond donors (Lipinski definition) is 2.